The summed E-state index contributed by atoms with van der Waals surface area (Å²) in [6, 6.07) is 0. The molecule has 3 rings (SSSR count). The maximum absolute atomic E-state index is 14.2. The normalized spacial score (nSPS) is 20.8. The van der Waals surface area contributed by atoms with E-state index in [1.807, 2.05) is 0 Å². The highest BCUT2D eigenvalue weighted by Gasteiger charge is 2.48. The average Bonchev–Trinajstić information content (AvgIpc) is 3.06. The van der Waals surface area contributed by atoms with Gasteiger partial charge in [0.15, 0.2) is 10.9 Å². The fourth-order valence-electron chi connectivity index (χ4n) is 2.65. The van der Waals surface area contributed by atoms with Gasteiger partial charge in [0.2, 0.25) is 0 Å². The molecule has 0 aromatic carbocycles. The maximum atomic E-state index is 14.2. The first-order valence-corrected chi connectivity index (χ1v) is 7.97. The largest absolute Gasteiger partial charge is 0.365 e. The van der Waals surface area contributed by atoms with Crippen LogP contribution in [-0.2, 0) is 13.0 Å². The lowest BCUT2D eigenvalue weighted by Gasteiger charge is -2.16. The zero-order chi connectivity index (χ0) is 16.4. The standard InChI is InChI=1S/C14H16F3N5S/c1-18-13-21-5-11(23-13)7-22-6-9(14(16,17)8-22)2-12-19-3-10(15)4-20-12/h3-5,9H,2,6-8H2,1H3,(H,18,21). The van der Waals surface area contributed by atoms with E-state index in [1.54, 1.807) is 18.1 Å². The maximum Gasteiger partial charge on any atom is 0.264 e. The van der Waals surface area contributed by atoms with Crippen molar-refractivity contribution < 1.29 is 13.2 Å². The predicted octanol–water partition coefficient (Wildman–Crippen LogP) is 2.42. The lowest BCUT2D eigenvalue weighted by atomic mass is 10.0. The molecule has 0 radical (unpaired) electrons. The predicted molar refractivity (Wildman–Crippen MR) is 81.1 cm³/mol. The summed E-state index contributed by atoms with van der Waals surface area (Å²) in [7, 11) is 1.77. The number of alkyl halides is 2. The second-order valence-electron chi connectivity index (χ2n) is 5.53. The van der Waals surface area contributed by atoms with Gasteiger partial charge in [-0.15, -0.1) is 11.3 Å². The molecule has 1 atom stereocenters. The van der Waals surface area contributed by atoms with Crippen LogP contribution in [-0.4, -0.2) is 45.9 Å². The lowest BCUT2D eigenvalue weighted by Crippen LogP contribution is -2.29. The summed E-state index contributed by atoms with van der Waals surface area (Å²) in [5.41, 5.74) is 0. The topological polar surface area (TPSA) is 53.9 Å². The summed E-state index contributed by atoms with van der Waals surface area (Å²) in [6.45, 7) is 0.391. The number of nitrogens with one attached hydrogen (secondary N) is 1. The molecular weight excluding hydrogens is 327 g/mol. The second kappa shape index (κ2) is 6.40. The van der Waals surface area contributed by atoms with E-state index in [0.717, 1.165) is 22.4 Å². The van der Waals surface area contributed by atoms with Crippen LogP contribution in [0.5, 0.6) is 0 Å². The summed E-state index contributed by atoms with van der Waals surface area (Å²) in [4.78, 5) is 14.3. The Morgan fingerprint density at radius 2 is 2.04 bits per heavy atom. The molecule has 1 saturated heterocycles. The van der Waals surface area contributed by atoms with Crippen LogP contribution in [0.15, 0.2) is 18.6 Å². The molecule has 1 aliphatic rings. The Kier molecular flexibility index (Phi) is 4.49. The molecule has 23 heavy (non-hydrogen) atoms. The highest BCUT2D eigenvalue weighted by atomic mass is 32.1. The fourth-order valence-corrected chi connectivity index (χ4v) is 3.46. The molecule has 1 unspecified atom stereocenters. The van der Waals surface area contributed by atoms with E-state index in [9.17, 15) is 13.2 Å². The van der Waals surface area contributed by atoms with Crippen LogP contribution >= 0.6 is 11.3 Å². The monoisotopic (exact) mass is 343 g/mol. The van der Waals surface area contributed by atoms with E-state index in [4.69, 9.17) is 0 Å². The van der Waals surface area contributed by atoms with Gasteiger partial charge in [-0.2, -0.15) is 0 Å². The van der Waals surface area contributed by atoms with Crippen molar-refractivity contribution >= 4 is 16.5 Å². The number of hydrogen-bond acceptors (Lipinski definition) is 6. The van der Waals surface area contributed by atoms with Crippen LogP contribution in [0.3, 0.4) is 0 Å². The van der Waals surface area contributed by atoms with Crippen LogP contribution in [0.1, 0.15) is 10.7 Å². The van der Waals surface area contributed by atoms with Crippen molar-refractivity contribution in [2.45, 2.75) is 18.9 Å². The number of rotatable bonds is 5. The summed E-state index contributed by atoms with van der Waals surface area (Å²) in [6.07, 6.45) is 3.74. The second-order valence-corrected chi connectivity index (χ2v) is 6.65. The smallest absolute Gasteiger partial charge is 0.264 e. The van der Waals surface area contributed by atoms with Crippen LogP contribution in [0.2, 0.25) is 0 Å². The van der Waals surface area contributed by atoms with Gasteiger partial charge in [-0.1, -0.05) is 0 Å². The molecule has 1 N–H and O–H groups in total. The first-order valence-electron chi connectivity index (χ1n) is 7.15. The van der Waals surface area contributed by atoms with Crippen molar-refractivity contribution in [3.8, 4) is 0 Å². The lowest BCUT2D eigenvalue weighted by molar-refractivity contribution is -0.0275. The number of likely N-dealkylation sites (tertiary alicyclic amines) is 1. The van der Waals surface area contributed by atoms with Crippen LogP contribution in [0.4, 0.5) is 18.3 Å². The number of nitrogens with zero attached hydrogens (tertiary/aromatic N) is 4. The molecule has 3 heterocycles. The minimum Gasteiger partial charge on any atom is -0.365 e. The molecule has 9 heteroatoms. The number of hydrogen-bond donors (Lipinski definition) is 1. The van der Waals surface area contributed by atoms with Crippen molar-refractivity contribution in [3.05, 3.63) is 35.1 Å². The van der Waals surface area contributed by atoms with Crippen molar-refractivity contribution in [1.82, 2.24) is 19.9 Å². The van der Waals surface area contributed by atoms with Crippen LogP contribution < -0.4 is 5.32 Å². The van der Waals surface area contributed by atoms with Gasteiger partial charge in [-0.25, -0.2) is 28.1 Å². The van der Waals surface area contributed by atoms with E-state index >= 15 is 0 Å². The molecule has 5 nitrogen and oxygen atoms in total. The van der Waals surface area contributed by atoms with Gasteiger partial charge in [0.1, 0.15) is 5.82 Å². The molecule has 0 saturated carbocycles. The summed E-state index contributed by atoms with van der Waals surface area (Å²) in [5.74, 6) is -4.01. The van der Waals surface area contributed by atoms with Crippen molar-refractivity contribution in [1.29, 1.82) is 0 Å². The van der Waals surface area contributed by atoms with E-state index in [1.165, 1.54) is 11.3 Å². The Balaban J connectivity index is 1.64. The van der Waals surface area contributed by atoms with Gasteiger partial charge in [-0.3, -0.25) is 4.90 Å². The zero-order valence-electron chi connectivity index (χ0n) is 12.5. The average molecular weight is 343 g/mol. The highest BCUT2D eigenvalue weighted by Crippen LogP contribution is 2.36. The molecule has 0 bridgehead atoms. The minimum atomic E-state index is -2.81. The van der Waals surface area contributed by atoms with Crippen molar-refractivity contribution in [2.24, 2.45) is 5.92 Å². The first kappa shape index (κ1) is 16.1. The Labute approximate surface area is 135 Å². The molecule has 2 aromatic rings. The Morgan fingerprint density at radius 3 is 2.70 bits per heavy atom. The molecule has 2 aromatic heterocycles. The Hall–Kier alpha value is -1.74. The zero-order valence-corrected chi connectivity index (χ0v) is 13.3. The number of aromatic nitrogens is 3. The summed E-state index contributed by atoms with van der Waals surface area (Å²) >= 11 is 1.45. The van der Waals surface area contributed by atoms with Crippen LogP contribution in [0.25, 0.3) is 0 Å². The third-order valence-electron chi connectivity index (χ3n) is 3.76. The minimum absolute atomic E-state index is 0.0359. The van der Waals surface area contributed by atoms with E-state index in [0.29, 0.717) is 6.54 Å². The van der Waals surface area contributed by atoms with Gasteiger partial charge in [0.25, 0.3) is 5.92 Å². The van der Waals surface area contributed by atoms with E-state index < -0.39 is 17.7 Å². The molecule has 0 spiro atoms. The van der Waals surface area contributed by atoms with Gasteiger partial charge in [-0.05, 0) is 0 Å². The molecule has 1 aliphatic heterocycles. The highest BCUT2D eigenvalue weighted by molar-refractivity contribution is 7.15. The third kappa shape index (κ3) is 3.78. The SMILES string of the molecule is CNc1ncc(CN2CC(Cc3ncc(F)cn3)C(F)(F)C2)s1. The van der Waals surface area contributed by atoms with Gasteiger partial charge >= 0.3 is 0 Å². The van der Waals surface area contributed by atoms with Gasteiger partial charge < -0.3 is 5.32 Å². The molecule has 0 aliphatic carbocycles. The van der Waals surface area contributed by atoms with E-state index in [2.05, 4.69) is 20.3 Å². The Morgan fingerprint density at radius 1 is 1.30 bits per heavy atom. The molecule has 124 valence electrons. The first-order chi connectivity index (χ1) is 11.0. The fraction of sp³-hybridized carbons (Fsp3) is 0.500. The summed E-state index contributed by atoms with van der Waals surface area (Å²) < 4.78 is 41.2. The quantitative estimate of drug-likeness (QED) is 0.904. The number of anilines is 1. The van der Waals surface area contributed by atoms with Gasteiger partial charge in [0, 0.05) is 43.5 Å². The molecule has 0 amide bonds. The van der Waals surface area contributed by atoms with Crippen LogP contribution in [0, 0.1) is 11.7 Å². The summed E-state index contributed by atoms with van der Waals surface area (Å²) in [5, 5.41) is 3.69. The third-order valence-corrected chi connectivity index (χ3v) is 4.76. The van der Waals surface area contributed by atoms with Gasteiger partial charge in [0.05, 0.1) is 18.9 Å². The molecular formula is C14H16F3N5S. The van der Waals surface area contributed by atoms with Crippen molar-refractivity contribution in [2.75, 3.05) is 25.5 Å². The Bertz CT molecular complexity index is 661. The van der Waals surface area contributed by atoms with E-state index in [-0.39, 0.29) is 25.3 Å². The van der Waals surface area contributed by atoms with Crippen molar-refractivity contribution in [3.63, 3.8) is 0 Å². The number of halogens is 3. The number of thiazole rings is 1. The molecule has 1 fully saturated rings.